The summed E-state index contributed by atoms with van der Waals surface area (Å²) in [7, 11) is -3.08. The van der Waals surface area contributed by atoms with Crippen molar-refractivity contribution in [1.29, 1.82) is 0 Å². The molecule has 1 heterocycles. The van der Waals surface area contributed by atoms with Crippen LogP contribution in [0.25, 0.3) is 0 Å². The molecule has 0 saturated carbocycles. The van der Waals surface area contributed by atoms with Crippen LogP contribution in [0.1, 0.15) is 12.1 Å². The van der Waals surface area contributed by atoms with Crippen LogP contribution in [0.4, 0.5) is 5.82 Å². The van der Waals surface area contributed by atoms with Crippen molar-refractivity contribution in [1.82, 2.24) is 14.7 Å². The molecule has 0 atom stereocenters. The van der Waals surface area contributed by atoms with Gasteiger partial charge in [-0.1, -0.05) is 0 Å². The standard InChI is InChI=1S/C9H16N4O2S/c1-8-9(12-7-6-10-8)11-4-3-5-13-16(2,14)15/h6-7,13H,3-5H2,1-2H3,(H,11,12). The van der Waals surface area contributed by atoms with Crippen molar-refractivity contribution in [2.75, 3.05) is 24.7 Å². The van der Waals surface area contributed by atoms with Crippen molar-refractivity contribution in [3.05, 3.63) is 18.1 Å². The van der Waals surface area contributed by atoms with Gasteiger partial charge in [0.15, 0.2) is 0 Å². The van der Waals surface area contributed by atoms with Crippen LogP contribution in [0.3, 0.4) is 0 Å². The molecule has 6 nitrogen and oxygen atoms in total. The van der Waals surface area contributed by atoms with Crippen LogP contribution in [0.15, 0.2) is 12.4 Å². The minimum absolute atomic E-state index is 0.422. The van der Waals surface area contributed by atoms with Gasteiger partial charge < -0.3 is 5.32 Å². The van der Waals surface area contributed by atoms with Crippen molar-refractivity contribution in [3.63, 3.8) is 0 Å². The minimum atomic E-state index is -3.08. The highest BCUT2D eigenvalue weighted by atomic mass is 32.2. The zero-order valence-electron chi connectivity index (χ0n) is 9.40. The Morgan fingerprint density at radius 1 is 1.25 bits per heavy atom. The van der Waals surface area contributed by atoms with Gasteiger partial charge in [-0.2, -0.15) is 0 Å². The maximum Gasteiger partial charge on any atom is 0.208 e. The van der Waals surface area contributed by atoms with E-state index < -0.39 is 10.0 Å². The first-order valence-electron chi connectivity index (χ1n) is 4.95. The fourth-order valence-electron chi connectivity index (χ4n) is 1.13. The predicted molar refractivity (Wildman–Crippen MR) is 62.7 cm³/mol. The summed E-state index contributed by atoms with van der Waals surface area (Å²) in [5.74, 6) is 0.738. The minimum Gasteiger partial charge on any atom is -0.369 e. The third kappa shape index (κ3) is 5.04. The lowest BCUT2D eigenvalue weighted by Gasteiger charge is -2.07. The molecule has 0 amide bonds. The molecule has 0 aromatic carbocycles. The van der Waals surface area contributed by atoms with E-state index in [0.717, 1.165) is 17.8 Å². The lowest BCUT2D eigenvalue weighted by Crippen LogP contribution is -2.24. The molecular weight excluding hydrogens is 228 g/mol. The molecule has 1 aromatic rings. The van der Waals surface area contributed by atoms with E-state index in [1.165, 1.54) is 0 Å². The summed E-state index contributed by atoms with van der Waals surface area (Å²) in [4.78, 5) is 8.19. The van der Waals surface area contributed by atoms with Crippen LogP contribution < -0.4 is 10.0 Å². The SMILES string of the molecule is Cc1nccnc1NCCCNS(C)(=O)=O. The van der Waals surface area contributed by atoms with Crippen LogP contribution in [0, 0.1) is 6.92 Å². The molecule has 2 N–H and O–H groups in total. The van der Waals surface area contributed by atoms with Gasteiger partial charge in [0.05, 0.1) is 11.9 Å². The molecule has 1 aromatic heterocycles. The number of nitrogens with one attached hydrogen (secondary N) is 2. The second kappa shape index (κ2) is 5.76. The summed E-state index contributed by atoms with van der Waals surface area (Å²) in [5.41, 5.74) is 0.832. The monoisotopic (exact) mass is 244 g/mol. The first-order chi connectivity index (χ1) is 7.49. The molecule has 0 radical (unpaired) electrons. The number of rotatable bonds is 6. The van der Waals surface area contributed by atoms with Crippen LogP contribution >= 0.6 is 0 Å². The van der Waals surface area contributed by atoms with E-state index in [9.17, 15) is 8.42 Å². The summed E-state index contributed by atoms with van der Waals surface area (Å²) in [6, 6.07) is 0. The Kier molecular flexibility index (Phi) is 4.63. The van der Waals surface area contributed by atoms with E-state index in [2.05, 4.69) is 20.0 Å². The number of hydrogen-bond acceptors (Lipinski definition) is 5. The maximum atomic E-state index is 10.8. The summed E-state index contributed by atoms with van der Waals surface area (Å²) >= 11 is 0. The molecular formula is C9H16N4O2S. The van der Waals surface area contributed by atoms with Crippen LogP contribution in [0.5, 0.6) is 0 Å². The summed E-state index contributed by atoms with van der Waals surface area (Å²) in [5, 5.41) is 3.09. The molecule has 0 aliphatic heterocycles. The van der Waals surface area contributed by atoms with E-state index in [1.54, 1.807) is 12.4 Å². The van der Waals surface area contributed by atoms with E-state index >= 15 is 0 Å². The molecule has 16 heavy (non-hydrogen) atoms. The zero-order valence-corrected chi connectivity index (χ0v) is 10.2. The Bertz CT molecular complexity index is 433. The fraction of sp³-hybridized carbons (Fsp3) is 0.556. The summed E-state index contributed by atoms with van der Waals surface area (Å²) < 4.78 is 23.9. The highest BCUT2D eigenvalue weighted by molar-refractivity contribution is 7.88. The van der Waals surface area contributed by atoms with Gasteiger partial charge in [-0.15, -0.1) is 0 Å². The number of nitrogens with zero attached hydrogens (tertiary/aromatic N) is 2. The molecule has 0 bridgehead atoms. The highest BCUT2D eigenvalue weighted by Crippen LogP contribution is 2.05. The molecule has 0 aliphatic carbocycles. The Balaban J connectivity index is 2.24. The Hall–Kier alpha value is -1.21. The van der Waals surface area contributed by atoms with Gasteiger partial charge in [0.2, 0.25) is 10.0 Å². The average Bonchev–Trinajstić information content (AvgIpc) is 2.18. The van der Waals surface area contributed by atoms with Crippen molar-refractivity contribution in [2.24, 2.45) is 0 Å². The number of hydrogen-bond donors (Lipinski definition) is 2. The van der Waals surface area contributed by atoms with Gasteiger partial charge in [0.25, 0.3) is 0 Å². The van der Waals surface area contributed by atoms with Crippen LogP contribution in [-0.4, -0.2) is 37.7 Å². The maximum absolute atomic E-state index is 10.8. The summed E-state index contributed by atoms with van der Waals surface area (Å²) in [6.07, 6.45) is 5.09. The van der Waals surface area contributed by atoms with Gasteiger partial charge in [-0.3, -0.25) is 4.98 Å². The van der Waals surface area contributed by atoms with Gasteiger partial charge >= 0.3 is 0 Å². The fourth-order valence-corrected chi connectivity index (χ4v) is 1.65. The van der Waals surface area contributed by atoms with Crippen molar-refractivity contribution in [3.8, 4) is 0 Å². The molecule has 0 fully saturated rings. The smallest absolute Gasteiger partial charge is 0.208 e. The zero-order chi connectivity index (χ0) is 12.0. The number of aryl methyl sites for hydroxylation is 1. The lowest BCUT2D eigenvalue weighted by atomic mass is 10.4. The molecule has 0 saturated heterocycles. The van der Waals surface area contributed by atoms with E-state index in [4.69, 9.17) is 0 Å². The number of anilines is 1. The van der Waals surface area contributed by atoms with Crippen LogP contribution in [0.2, 0.25) is 0 Å². The topological polar surface area (TPSA) is 84.0 Å². The molecule has 90 valence electrons. The number of aromatic nitrogens is 2. The first kappa shape index (κ1) is 12.9. The molecule has 0 spiro atoms. The van der Waals surface area contributed by atoms with Gasteiger partial charge in [0, 0.05) is 25.5 Å². The second-order valence-corrected chi connectivity index (χ2v) is 5.27. The van der Waals surface area contributed by atoms with E-state index in [-0.39, 0.29) is 0 Å². The lowest BCUT2D eigenvalue weighted by molar-refractivity contribution is 0.586. The van der Waals surface area contributed by atoms with Gasteiger partial charge in [-0.05, 0) is 13.3 Å². The van der Waals surface area contributed by atoms with E-state index in [0.29, 0.717) is 19.5 Å². The number of sulfonamides is 1. The van der Waals surface area contributed by atoms with E-state index in [1.807, 2.05) is 6.92 Å². The van der Waals surface area contributed by atoms with Gasteiger partial charge in [0.1, 0.15) is 5.82 Å². The molecule has 0 unspecified atom stereocenters. The highest BCUT2D eigenvalue weighted by Gasteiger charge is 2.00. The van der Waals surface area contributed by atoms with Crippen LogP contribution in [-0.2, 0) is 10.0 Å². The average molecular weight is 244 g/mol. The Labute approximate surface area is 95.6 Å². The first-order valence-corrected chi connectivity index (χ1v) is 6.84. The molecule has 1 rings (SSSR count). The molecule has 7 heteroatoms. The normalized spacial score (nSPS) is 11.4. The summed E-state index contributed by atoms with van der Waals surface area (Å²) in [6.45, 7) is 2.94. The van der Waals surface area contributed by atoms with Crippen molar-refractivity contribution >= 4 is 15.8 Å². The Morgan fingerprint density at radius 3 is 2.56 bits per heavy atom. The molecule has 0 aliphatic rings. The third-order valence-corrected chi connectivity index (χ3v) is 2.62. The second-order valence-electron chi connectivity index (χ2n) is 3.44. The van der Waals surface area contributed by atoms with Crippen molar-refractivity contribution in [2.45, 2.75) is 13.3 Å². The van der Waals surface area contributed by atoms with Crippen molar-refractivity contribution < 1.29 is 8.42 Å². The van der Waals surface area contributed by atoms with Gasteiger partial charge in [-0.25, -0.2) is 18.1 Å². The Morgan fingerprint density at radius 2 is 1.94 bits per heavy atom. The quantitative estimate of drug-likeness (QED) is 0.695. The predicted octanol–water partition coefficient (Wildman–Crippen LogP) is 0.136. The third-order valence-electron chi connectivity index (χ3n) is 1.89. The largest absolute Gasteiger partial charge is 0.369 e.